The molecule has 0 aliphatic heterocycles. The molecule has 1 aliphatic carbocycles. The van der Waals surface area contributed by atoms with Gasteiger partial charge in [0.15, 0.2) is 5.82 Å². The van der Waals surface area contributed by atoms with Crippen LogP contribution in [-0.4, -0.2) is 20.2 Å². The van der Waals surface area contributed by atoms with Gasteiger partial charge in [0.25, 0.3) is 0 Å². The third kappa shape index (κ3) is 3.91. The van der Waals surface area contributed by atoms with Gasteiger partial charge in [-0.3, -0.25) is 0 Å². The van der Waals surface area contributed by atoms with Crippen molar-refractivity contribution < 1.29 is 0 Å². The molecular weight excluding hydrogens is 274 g/mol. The predicted molar refractivity (Wildman–Crippen MR) is 86.1 cm³/mol. The van der Waals surface area contributed by atoms with Crippen LogP contribution in [-0.2, 0) is 20.0 Å². The third-order valence-corrected chi connectivity index (χ3v) is 4.11. The number of hydrogen-bond donors (Lipinski definition) is 1. The van der Waals surface area contributed by atoms with Gasteiger partial charge in [-0.1, -0.05) is 38.1 Å². The number of tetrazole rings is 1. The van der Waals surface area contributed by atoms with Crippen LogP contribution in [0.3, 0.4) is 0 Å². The summed E-state index contributed by atoms with van der Waals surface area (Å²) in [5.74, 6) is 2.20. The molecule has 1 heterocycles. The van der Waals surface area contributed by atoms with Crippen LogP contribution in [0.1, 0.15) is 49.7 Å². The van der Waals surface area contributed by atoms with E-state index in [1.54, 1.807) is 7.05 Å². The topological polar surface area (TPSA) is 55.6 Å². The van der Waals surface area contributed by atoms with E-state index in [1.165, 1.54) is 28.8 Å². The first-order chi connectivity index (χ1) is 10.6. The Morgan fingerprint density at radius 3 is 2.50 bits per heavy atom. The van der Waals surface area contributed by atoms with E-state index in [0.717, 1.165) is 18.2 Å². The summed E-state index contributed by atoms with van der Waals surface area (Å²) in [6.45, 7) is 5.19. The standard InChI is InChI=1S/C17H25N5/c1-12(2)10-13-4-6-14(7-5-13)17(15-8-9-15)18-11-16-19-21-22(3)20-16/h4-7,12,15,17-18H,8-11H2,1-3H3. The molecule has 0 saturated heterocycles. The van der Waals surface area contributed by atoms with Crippen LogP contribution in [0.15, 0.2) is 24.3 Å². The summed E-state index contributed by atoms with van der Waals surface area (Å²) in [5, 5.41) is 15.8. The van der Waals surface area contributed by atoms with Gasteiger partial charge < -0.3 is 5.32 Å². The molecule has 5 nitrogen and oxygen atoms in total. The normalized spacial score (nSPS) is 16.2. The summed E-state index contributed by atoms with van der Waals surface area (Å²) >= 11 is 0. The Hall–Kier alpha value is -1.75. The molecule has 118 valence electrons. The van der Waals surface area contributed by atoms with Crippen molar-refractivity contribution in [1.82, 2.24) is 25.5 Å². The summed E-state index contributed by atoms with van der Waals surface area (Å²) in [7, 11) is 1.79. The van der Waals surface area contributed by atoms with Gasteiger partial charge >= 0.3 is 0 Å². The van der Waals surface area contributed by atoms with E-state index in [9.17, 15) is 0 Å². The van der Waals surface area contributed by atoms with Crippen LogP contribution in [0.5, 0.6) is 0 Å². The average Bonchev–Trinajstić information content (AvgIpc) is 3.23. The van der Waals surface area contributed by atoms with E-state index in [2.05, 4.69) is 58.8 Å². The molecular formula is C17H25N5. The molecule has 1 fully saturated rings. The molecule has 1 aromatic heterocycles. The highest BCUT2D eigenvalue weighted by Crippen LogP contribution is 2.41. The molecule has 1 saturated carbocycles. The minimum absolute atomic E-state index is 0.400. The smallest absolute Gasteiger partial charge is 0.188 e. The van der Waals surface area contributed by atoms with Crippen molar-refractivity contribution in [3.05, 3.63) is 41.2 Å². The lowest BCUT2D eigenvalue weighted by Gasteiger charge is -2.18. The maximum absolute atomic E-state index is 4.23. The van der Waals surface area contributed by atoms with Crippen LogP contribution in [0.2, 0.25) is 0 Å². The number of aromatic nitrogens is 4. The van der Waals surface area contributed by atoms with E-state index >= 15 is 0 Å². The van der Waals surface area contributed by atoms with E-state index in [-0.39, 0.29) is 0 Å². The second kappa shape index (κ2) is 6.57. The van der Waals surface area contributed by atoms with Gasteiger partial charge in [-0.15, -0.1) is 10.2 Å². The summed E-state index contributed by atoms with van der Waals surface area (Å²) in [6.07, 6.45) is 3.75. The predicted octanol–water partition coefficient (Wildman–Crippen LogP) is 2.65. The Bertz CT molecular complexity index is 598. The molecule has 1 unspecified atom stereocenters. The SMILES string of the molecule is CC(C)Cc1ccc(C(NCc2nnn(C)n2)C2CC2)cc1. The fourth-order valence-electron chi connectivity index (χ4n) is 2.91. The molecule has 3 rings (SSSR count). The van der Waals surface area contributed by atoms with Crippen molar-refractivity contribution in [2.45, 2.75) is 45.7 Å². The monoisotopic (exact) mass is 299 g/mol. The number of nitrogens with zero attached hydrogens (tertiary/aromatic N) is 4. The Balaban J connectivity index is 1.65. The number of rotatable bonds is 7. The van der Waals surface area contributed by atoms with Gasteiger partial charge in [0.05, 0.1) is 13.6 Å². The number of hydrogen-bond acceptors (Lipinski definition) is 4. The van der Waals surface area contributed by atoms with Crippen LogP contribution in [0, 0.1) is 11.8 Å². The summed E-state index contributed by atoms with van der Waals surface area (Å²) in [6, 6.07) is 9.49. The first-order valence-electron chi connectivity index (χ1n) is 8.17. The van der Waals surface area contributed by atoms with E-state index in [0.29, 0.717) is 18.5 Å². The minimum Gasteiger partial charge on any atom is -0.303 e. The van der Waals surface area contributed by atoms with E-state index < -0.39 is 0 Å². The maximum Gasteiger partial charge on any atom is 0.188 e. The summed E-state index contributed by atoms with van der Waals surface area (Å²) in [5.41, 5.74) is 2.79. The Labute approximate surface area is 132 Å². The summed E-state index contributed by atoms with van der Waals surface area (Å²) < 4.78 is 0. The van der Waals surface area contributed by atoms with Crippen molar-refractivity contribution in [2.75, 3.05) is 0 Å². The lowest BCUT2D eigenvalue weighted by atomic mass is 9.97. The highest BCUT2D eigenvalue weighted by atomic mass is 15.6. The van der Waals surface area contributed by atoms with Crippen LogP contribution >= 0.6 is 0 Å². The molecule has 0 spiro atoms. The largest absolute Gasteiger partial charge is 0.303 e. The fraction of sp³-hybridized carbons (Fsp3) is 0.588. The molecule has 0 amide bonds. The van der Waals surface area contributed by atoms with Gasteiger partial charge in [-0.2, -0.15) is 4.80 Å². The van der Waals surface area contributed by atoms with E-state index in [1.807, 2.05) is 0 Å². The number of aryl methyl sites for hydroxylation is 1. The second-order valence-corrected chi connectivity index (χ2v) is 6.73. The summed E-state index contributed by atoms with van der Waals surface area (Å²) in [4.78, 5) is 1.50. The van der Waals surface area contributed by atoms with E-state index in [4.69, 9.17) is 0 Å². The van der Waals surface area contributed by atoms with Crippen LogP contribution in [0.4, 0.5) is 0 Å². The van der Waals surface area contributed by atoms with Gasteiger partial charge in [-0.05, 0) is 47.4 Å². The van der Waals surface area contributed by atoms with Gasteiger partial charge in [0.1, 0.15) is 0 Å². The lowest BCUT2D eigenvalue weighted by molar-refractivity contribution is 0.471. The Kier molecular flexibility index (Phi) is 4.52. The highest BCUT2D eigenvalue weighted by molar-refractivity contribution is 5.26. The fourth-order valence-corrected chi connectivity index (χ4v) is 2.91. The molecule has 0 radical (unpaired) electrons. The van der Waals surface area contributed by atoms with Crippen molar-refractivity contribution in [3.8, 4) is 0 Å². The Morgan fingerprint density at radius 1 is 1.23 bits per heavy atom. The molecule has 0 bridgehead atoms. The quantitative estimate of drug-likeness (QED) is 0.854. The van der Waals surface area contributed by atoms with Crippen molar-refractivity contribution in [1.29, 1.82) is 0 Å². The van der Waals surface area contributed by atoms with Gasteiger partial charge in [0, 0.05) is 6.04 Å². The zero-order valence-electron chi connectivity index (χ0n) is 13.7. The Morgan fingerprint density at radius 2 is 1.95 bits per heavy atom. The third-order valence-electron chi connectivity index (χ3n) is 4.11. The average molecular weight is 299 g/mol. The molecule has 1 N–H and O–H groups in total. The zero-order valence-corrected chi connectivity index (χ0v) is 13.7. The molecule has 22 heavy (non-hydrogen) atoms. The maximum atomic E-state index is 4.23. The van der Waals surface area contributed by atoms with Crippen molar-refractivity contribution in [2.24, 2.45) is 18.9 Å². The number of nitrogens with one attached hydrogen (secondary N) is 1. The lowest BCUT2D eigenvalue weighted by Crippen LogP contribution is -2.23. The van der Waals surface area contributed by atoms with Crippen LogP contribution < -0.4 is 5.32 Å². The van der Waals surface area contributed by atoms with Crippen molar-refractivity contribution in [3.63, 3.8) is 0 Å². The first kappa shape index (κ1) is 15.2. The molecule has 1 aromatic carbocycles. The van der Waals surface area contributed by atoms with Crippen molar-refractivity contribution >= 4 is 0 Å². The highest BCUT2D eigenvalue weighted by Gasteiger charge is 2.32. The van der Waals surface area contributed by atoms with Crippen LogP contribution in [0.25, 0.3) is 0 Å². The van der Waals surface area contributed by atoms with Gasteiger partial charge in [0.2, 0.25) is 0 Å². The first-order valence-corrected chi connectivity index (χ1v) is 8.17. The molecule has 5 heteroatoms. The number of benzene rings is 1. The second-order valence-electron chi connectivity index (χ2n) is 6.73. The zero-order chi connectivity index (χ0) is 15.5. The molecule has 1 aliphatic rings. The molecule has 1 atom stereocenters. The molecule has 2 aromatic rings. The minimum atomic E-state index is 0.400. The van der Waals surface area contributed by atoms with Gasteiger partial charge in [-0.25, -0.2) is 0 Å².